The molecule has 0 unspecified atom stereocenters. The second kappa shape index (κ2) is 6.83. The third-order valence-electron chi connectivity index (χ3n) is 4.99. The number of hydrogen-bond acceptors (Lipinski definition) is 5. The zero-order valence-corrected chi connectivity index (χ0v) is 16.7. The van der Waals surface area contributed by atoms with Crippen molar-refractivity contribution in [1.29, 1.82) is 0 Å². The Morgan fingerprint density at radius 2 is 1.79 bits per heavy atom. The summed E-state index contributed by atoms with van der Waals surface area (Å²) in [6.45, 7) is 1.98. The van der Waals surface area contributed by atoms with E-state index >= 15 is 0 Å². The molecule has 0 N–H and O–H groups in total. The second-order valence-corrected chi connectivity index (χ2v) is 7.19. The first-order valence-corrected chi connectivity index (χ1v) is 9.56. The van der Waals surface area contributed by atoms with Crippen molar-refractivity contribution in [2.75, 3.05) is 11.9 Å². The molecule has 6 nitrogen and oxygen atoms in total. The predicted molar refractivity (Wildman–Crippen MR) is 116 cm³/mol. The van der Waals surface area contributed by atoms with Crippen LogP contribution in [0.5, 0.6) is 0 Å². The number of aryl methyl sites for hydroxylation is 1. The van der Waals surface area contributed by atoms with Gasteiger partial charge < -0.3 is 4.90 Å². The molecule has 0 fully saturated rings. The largest absolute Gasteiger partial charge is 0.329 e. The van der Waals surface area contributed by atoms with Gasteiger partial charge in [0.25, 0.3) is 5.78 Å². The van der Waals surface area contributed by atoms with Gasteiger partial charge in [-0.25, -0.2) is 4.40 Å². The second-order valence-electron chi connectivity index (χ2n) is 6.85. The van der Waals surface area contributed by atoms with Gasteiger partial charge in [-0.05, 0) is 54.4 Å². The van der Waals surface area contributed by atoms with E-state index in [0.29, 0.717) is 11.1 Å². The minimum absolute atomic E-state index is 0.298. The number of pyridine rings is 1. The number of benzene rings is 2. The lowest BCUT2D eigenvalue weighted by Gasteiger charge is -2.21. The molecule has 142 valence electrons. The minimum Gasteiger partial charge on any atom is -0.329 e. The van der Waals surface area contributed by atoms with E-state index in [0.717, 1.165) is 39.2 Å². The van der Waals surface area contributed by atoms with Crippen LogP contribution in [0, 0.1) is 6.92 Å². The highest BCUT2D eigenvalue weighted by atomic mass is 35.5. The Bertz CT molecular complexity index is 1340. The zero-order chi connectivity index (χ0) is 20.0. The summed E-state index contributed by atoms with van der Waals surface area (Å²) in [7, 11) is 2.00. The standard InChI is InChI=1S/C22H17ClN6/c1-14-10-11-16(13-24-14)15-6-5-7-17(12-15)28(2)20-18-8-3-4-9-19(18)29-21(23)26-27-22(29)25-20/h3-13H,1-2H3. The molecule has 0 aliphatic carbocycles. The normalized spacial score (nSPS) is 11.3. The van der Waals surface area contributed by atoms with Crippen LogP contribution in [-0.2, 0) is 0 Å². The first-order valence-electron chi connectivity index (χ1n) is 9.18. The van der Waals surface area contributed by atoms with Crippen LogP contribution in [0.3, 0.4) is 0 Å². The maximum atomic E-state index is 6.23. The van der Waals surface area contributed by atoms with Crippen LogP contribution in [0.1, 0.15) is 5.69 Å². The Kier molecular flexibility index (Phi) is 4.14. The first kappa shape index (κ1) is 17.6. The molecular formula is C22H17ClN6. The molecule has 0 spiro atoms. The topological polar surface area (TPSA) is 59.2 Å². The first-order chi connectivity index (χ1) is 14.1. The number of rotatable bonds is 3. The van der Waals surface area contributed by atoms with Crippen molar-refractivity contribution >= 4 is 39.8 Å². The van der Waals surface area contributed by atoms with E-state index in [1.807, 2.05) is 56.6 Å². The highest BCUT2D eigenvalue weighted by Gasteiger charge is 2.16. The van der Waals surface area contributed by atoms with E-state index in [1.165, 1.54) is 0 Å². The summed E-state index contributed by atoms with van der Waals surface area (Å²) in [5.74, 6) is 1.26. The molecule has 0 saturated carbocycles. The fraction of sp³-hybridized carbons (Fsp3) is 0.0909. The Balaban J connectivity index is 1.65. The zero-order valence-electron chi connectivity index (χ0n) is 15.9. The van der Waals surface area contributed by atoms with Gasteiger partial charge in [-0.15, -0.1) is 10.2 Å². The maximum absolute atomic E-state index is 6.23. The minimum atomic E-state index is 0.298. The van der Waals surface area contributed by atoms with E-state index in [9.17, 15) is 0 Å². The predicted octanol–water partition coefficient (Wildman–Crippen LogP) is 5.07. The SMILES string of the molecule is Cc1ccc(-c2cccc(N(C)c3nc4nnc(Cl)n4c4ccccc34)c2)cn1. The van der Waals surface area contributed by atoms with Crippen LogP contribution in [0.4, 0.5) is 11.5 Å². The molecule has 7 heteroatoms. The number of halogens is 1. The van der Waals surface area contributed by atoms with Crippen molar-refractivity contribution in [1.82, 2.24) is 24.6 Å². The van der Waals surface area contributed by atoms with Gasteiger partial charge in [-0.1, -0.05) is 30.3 Å². The van der Waals surface area contributed by atoms with Gasteiger partial charge in [0.15, 0.2) is 0 Å². The van der Waals surface area contributed by atoms with E-state index < -0.39 is 0 Å². The highest BCUT2D eigenvalue weighted by molar-refractivity contribution is 6.29. The van der Waals surface area contributed by atoms with Crippen molar-refractivity contribution in [3.05, 3.63) is 77.8 Å². The maximum Gasteiger partial charge on any atom is 0.258 e. The van der Waals surface area contributed by atoms with Crippen LogP contribution >= 0.6 is 11.6 Å². The summed E-state index contributed by atoms with van der Waals surface area (Å²) < 4.78 is 1.75. The molecular weight excluding hydrogens is 384 g/mol. The molecule has 3 heterocycles. The molecule has 0 amide bonds. The third kappa shape index (κ3) is 2.98. The van der Waals surface area contributed by atoms with Gasteiger partial charge >= 0.3 is 0 Å². The van der Waals surface area contributed by atoms with Crippen LogP contribution in [-0.4, -0.2) is 31.6 Å². The lowest BCUT2D eigenvalue weighted by Crippen LogP contribution is -2.13. The molecule has 0 aliphatic rings. The summed E-state index contributed by atoms with van der Waals surface area (Å²) in [4.78, 5) is 11.2. The van der Waals surface area contributed by atoms with Crippen molar-refractivity contribution in [2.45, 2.75) is 6.92 Å². The number of anilines is 2. The number of fused-ring (bicyclic) bond motifs is 3. The third-order valence-corrected chi connectivity index (χ3v) is 5.24. The summed E-state index contributed by atoms with van der Waals surface area (Å²) in [5, 5.41) is 9.35. The van der Waals surface area contributed by atoms with Gasteiger partial charge in [0.05, 0.1) is 5.52 Å². The number of nitrogens with zero attached hydrogens (tertiary/aromatic N) is 6. The molecule has 0 atom stereocenters. The van der Waals surface area contributed by atoms with Crippen LogP contribution < -0.4 is 4.90 Å². The Morgan fingerprint density at radius 3 is 2.62 bits per heavy atom. The summed E-state index contributed by atoms with van der Waals surface area (Å²) in [6.07, 6.45) is 1.90. The molecule has 5 aromatic rings. The average Bonchev–Trinajstić information content (AvgIpc) is 3.14. The van der Waals surface area contributed by atoms with Crippen LogP contribution in [0.15, 0.2) is 66.9 Å². The Hall–Kier alpha value is -3.51. The molecule has 3 aromatic heterocycles. The average molecular weight is 401 g/mol. The van der Waals surface area contributed by atoms with Crippen molar-refractivity contribution in [3.63, 3.8) is 0 Å². The van der Waals surface area contributed by atoms with Gasteiger partial charge in [-0.2, -0.15) is 4.98 Å². The van der Waals surface area contributed by atoms with Crippen molar-refractivity contribution < 1.29 is 0 Å². The van der Waals surface area contributed by atoms with Crippen LogP contribution in [0.2, 0.25) is 5.28 Å². The fourth-order valence-electron chi connectivity index (χ4n) is 3.46. The molecule has 29 heavy (non-hydrogen) atoms. The summed E-state index contributed by atoms with van der Waals surface area (Å²) in [6, 6.07) is 20.4. The molecule has 2 aromatic carbocycles. The smallest absolute Gasteiger partial charge is 0.258 e. The van der Waals surface area contributed by atoms with Gasteiger partial charge in [0.1, 0.15) is 5.82 Å². The Labute approximate surface area is 172 Å². The van der Waals surface area contributed by atoms with E-state index in [2.05, 4.69) is 44.3 Å². The monoisotopic (exact) mass is 400 g/mol. The van der Waals surface area contributed by atoms with E-state index in [1.54, 1.807) is 4.40 Å². The molecule has 0 radical (unpaired) electrons. The molecule has 5 rings (SSSR count). The molecule has 0 aliphatic heterocycles. The quantitative estimate of drug-likeness (QED) is 0.423. The number of hydrogen-bond donors (Lipinski definition) is 0. The fourth-order valence-corrected chi connectivity index (χ4v) is 3.67. The molecule has 0 saturated heterocycles. The number of aromatic nitrogens is 5. The van der Waals surface area contributed by atoms with Crippen molar-refractivity contribution in [3.8, 4) is 11.1 Å². The van der Waals surface area contributed by atoms with Gasteiger partial charge in [0, 0.05) is 35.6 Å². The lowest BCUT2D eigenvalue weighted by molar-refractivity contribution is 1.08. The van der Waals surface area contributed by atoms with Crippen LogP contribution in [0.25, 0.3) is 27.8 Å². The van der Waals surface area contributed by atoms with Crippen molar-refractivity contribution in [2.24, 2.45) is 0 Å². The number of para-hydroxylation sites is 1. The summed E-state index contributed by atoms with van der Waals surface area (Å²) >= 11 is 6.23. The lowest BCUT2D eigenvalue weighted by atomic mass is 10.1. The summed E-state index contributed by atoms with van der Waals surface area (Å²) in [5.41, 5.74) is 5.09. The van der Waals surface area contributed by atoms with E-state index in [-0.39, 0.29) is 0 Å². The van der Waals surface area contributed by atoms with Gasteiger partial charge in [0.2, 0.25) is 5.28 Å². The highest BCUT2D eigenvalue weighted by Crippen LogP contribution is 2.32. The molecule has 0 bridgehead atoms. The Morgan fingerprint density at radius 1 is 0.931 bits per heavy atom. The van der Waals surface area contributed by atoms with Gasteiger partial charge in [-0.3, -0.25) is 4.98 Å². The van der Waals surface area contributed by atoms with E-state index in [4.69, 9.17) is 16.6 Å².